The van der Waals surface area contributed by atoms with E-state index in [1.165, 1.54) is 17.9 Å². The number of nitrogens with two attached hydrogens (primary N) is 1. The molecule has 8 heteroatoms. The molecule has 0 aliphatic carbocycles. The molecule has 1 unspecified atom stereocenters. The minimum absolute atomic E-state index is 0.0234. The molecule has 102 valence electrons. The van der Waals surface area contributed by atoms with Gasteiger partial charge in [0.25, 0.3) is 5.91 Å². The van der Waals surface area contributed by atoms with E-state index in [-0.39, 0.29) is 6.54 Å². The molecule has 0 aliphatic rings. The fourth-order valence-corrected chi connectivity index (χ4v) is 1.42. The lowest BCUT2D eigenvalue weighted by Gasteiger charge is -2.30. The summed E-state index contributed by atoms with van der Waals surface area (Å²) in [6, 6.07) is 0. The second-order valence-electron chi connectivity index (χ2n) is 4.38. The highest BCUT2D eigenvalue weighted by Crippen LogP contribution is 2.29. The average Bonchev–Trinajstić information content (AvgIpc) is 2.61. The molecular weight excluding hydrogens is 249 g/mol. The highest BCUT2D eigenvalue weighted by molar-refractivity contribution is 5.86. The molecule has 18 heavy (non-hydrogen) atoms. The number of carbonyl (C=O) groups is 1. The van der Waals surface area contributed by atoms with Crippen molar-refractivity contribution in [2.24, 2.45) is 12.8 Å². The zero-order valence-electron chi connectivity index (χ0n) is 10.3. The van der Waals surface area contributed by atoms with Crippen LogP contribution >= 0.6 is 0 Å². The first kappa shape index (κ1) is 14.5. The Hall–Kier alpha value is -1.57. The molecule has 0 bridgehead atoms. The Balaban J connectivity index is 2.79. The van der Waals surface area contributed by atoms with E-state index in [4.69, 9.17) is 5.73 Å². The highest BCUT2D eigenvalue weighted by Gasteiger charge is 2.54. The molecular formula is C10H15F3N4O. The summed E-state index contributed by atoms with van der Waals surface area (Å²) < 4.78 is 39.3. The standard InChI is InChI=1S/C10H15F3N4O/c1-9(14,10(11,12)13)8(18)16(2)5-7-4-15-17(3)6-7/h4,6H,5,14H2,1-3H3. The van der Waals surface area contributed by atoms with Crippen molar-refractivity contribution in [3.63, 3.8) is 0 Å². The molecule has 0 aromatic carbocycles. The van der Waals surface area contributed by atoms with E-state index in [1.807, 2.05) is 0 Å². The van der Waals surface area contributed by atoms with Crippen LogP contribution < -0.4 is 5.73 Å². The van der Waals surface area contributed by atoms with Crippen LogP contribution in [0.4, 0.5) is 13.2 Å². The lowest BCUT2D eigenvalue weighted by molar-refractivity contribution is -0.193. The van der Waals surface area contributed by atoms with Crippen molar-refractivity contribution in [3.05, 3.63) is 18.0 Å². The molecule has 5 nitrogen and oxygen atoms in total. The summed E-state index contributed by atoms with van der Waals surface area (Å²) >= 11 is 0. The molecule has 0 fully saturated rings. The van der Waals surface area contributed by atoms with Crippen LogP contribution in [-0.2, 0) is 18.4 Å². The van der Waals surface area contributed by atoms with E-state index in [0.717, 1.165) is 4.90 Å². The van der Waals surface area contributed by atoms with Crippen molar-refractivity contribution in [2.75, 3.05) is 7.05 Å². The summed E-state index contributed by atoms with van der Waals surface area (Å²) in [6.07, 6.45) is -1.69. The third-order valence-corrected chi connectivity index (χ3v) is 2.56. The minimum atomic E-state index is -4.78. The van der Waals surface area contributed by atoms with Crippen molar-refractivity contribution < 1.29 is 18.0 Å². The molecule has 1 atom stereocenters. The topological polar surface area (TPSA) is 64.2 Å². The second kappa shape index (κ2) is 4.60. The van der Waals surface area contributed by atoms with Gasteiger partial charge in [-0.1, -0.05) is 0 Å². The van der Waals surface area contributed by atoms with Crippen molar-refractivity contribution in [1.29, 1.82) is 0 Å². The van der Waals surface area contributed by atoms with E-state index in [2.05, 4.69) is 5.10 Å². The van der Waals surface area contributed by atoms with Crippen molar-refractivity contribution >= 4 is 5.91 Å². The van der Waals surface area contributed by atoms with Gasteiger partial charge in [-0.25, -0.2) is 0 Å². The molecule has 0 aliphatic heterocycles. The summed E-state index contributed by atoms with van der Waals surface area (Å²) in [5.74, 6) is -1.18. The van der Waals surface area contributed by atoms with Gasteiger partial charge in [0, 0.05) is 32.4 Å². The minimum Gasteiger partial charge on any atom is -0.339 e. The summed E-state index contributed by atoms with van der Waals surface area (Å²) in [5.41, 5.74) is 2.81. The Kier molecular flexibility index (Phi) is 3.70. The van der Waals surface area contributed by atoms with Crippen LogP contribution in [0.25, 0.3) is 0 Å². The Morgan fingerprint density at radius 3 is 2.50 bits per heavy atom. The lowest BCUT2D eigenvalue weighted by Crippen LogP contribution is -2.61. The largest absolute Gasteiger partial charge is 0.415 e. The number of carbonyl (C=O) groups excluding carboxylic acids is 1. The molecule has 1 amide bonds. The first-order chi connectivity index (χ1) is 8.05. The summed E-state index contributed by atoms with van der Waals surface area (Å²) in [5, 5.41) is 3.87. The van der Waals surface area contributed by atoms with Gasteiger partial charge >= 0.3 is 6.18 Å². The van der Waals surface area contributed by atoms with E-state index >= 15 is 0 Å². The van der Waals surface area contributed by atoms with Gasteiger partial charge in [-0.05, 0) is 6.92 Å². The summed E-state index contributed by atoms with van der Waals surface area (Å²) in [4.78, 5) is 12.6. The number of rotatable bonds is 3. The van der Waals surface area contributed by atoms with Gasteiger partial charge in [0.2, 0.25) is 0 Å². The zero-order valence-corrected chi connectivity index (χ0v) is 10.3. The van der Waals surface area contributed by atoms with Crippen LogP contribution in [-0.4, -0.2) is 39.4 Å². The molecule has 1 rings (SSSR count). The Morgan fingerprint density at radius 2 is 2.11 bits per heavy atom. The molecule has 0 saturated carbocycles. The van der Waals surface area contributed by atoms with Crippen LogP contribution in [0.1, 0.15) is 12.5 Å². The smallest absolute Gasteiger partial charge is 0.339 e. The number of likely N-dealkylation sites (N-methyl/N-ethyl adjacent to an activating group) is 1. The van der Waals surface area contributed by atoms with Crippen LogP contribution in [0, 0.1) is 0 Å². The van der Waals surface area contributed by atoms with Crippen LogP contribution in [0.5, 0.6) is 0 Å². The summed E-state index contributed by atoms with van der Waals surface area (Å²) in [7, 11) is 2.94. The Morgan fingerprint density at radius 1 is 1.56 bits per heavy atom. The number of nitrogens with zero attached hydrogens (tertiary/aromatic N) is 3. The number of aromatic nitrogens is 2. The molecule has 0 radical (unpaired) electrons. The van der Waals surface area contributed by atoms with Crippen molar-refractivity contribution in [2.45, 2.75) is 25.2 Å². The SMILES string of the molecule is CN(Cc1cnn(C)c1)C(=O)C(C)(N)C(F)(F)F. The number of hydrogen-bond donors (Lipinski definition) is 1. The normalized spacial score (nSPS) is 15.3. The number of aryl methyl sites for hydroxylation is 1. The monoisotopic (exact) mass is 264 g/mol. The molecule has 1 aromatic heterocycles. The maximum absolute atomic E-state index is 12.6. The third-order valence-electron chi connectivity index (χ3n) is 2.56. The van der Waals surface area contributed by atoms with Gasteiger partial charge in [-0.2, -0.15) is 18.3 Å². The van der Waals surface area contributed by atoms with Gasteiger partial charge in [-0.3, -0.25) is 9.48 Å². The number of amides is 1. The van der Waals surface area contributed by atoms with Gasteiger partial charge in [0.05, 0.1) is 6.20 Å². The fourth-order valence-electron chi connectivity index (χ4n) is 1.42. The van der Waals surface area contributed by atoms with E-state index in [1.54, 1.807) is 13.2 Å². The van der Waals surface area contributed by atoms with Crippen LogP contribution in [0.3, 0.4) is 0 Å². The van der Waals surface area contributed by atoms with Gasteiger partial charge in [0.15, 0.2) is 5.54 Å². The first-order valence-corrected chi connectivity index (χ1v) is 5.14. The predicted octanol–water partition coefficient (Wildman–Crippen LogP) is 0.658. The lowest BCUT2D eigenvalue weighted by atomic mass is 10.0. The van der Waals surface area contributed by atoms with Crippen molar-refractivity contribution in [1.82, 2.24) is 14.7 Å². The Bertz CT molecular complexity index is 439. The maximum atomic E-state index is 12.6. The molecule has 2 N–H and O–H groups in total. The predicted molar refractivity (Wildman–Crippen MR) is 58.3 cm³/mol. The zero-order chi connectivity index (χ0) is 14.1. The van der Waals surface area contributed by atoms with E-state index < -0.39 is 17.6 Å². The highest BCUT2D eigenvalue weighted by atomic mass is 19.4. The molecule has 0 spiro atoms. The first-order valence-electron chi connectivity index (χ1n) is 5.14. The van der Waals surface area contributed by atoms with Crippen molar-refractivity contribution in [3.8, 4) is 0 Å². The maximum Gasteiger partial charge on any atom is 0.415 e. The third kappa shape index (κ3) is 2.81. The van der Waals surface area contributed by atoms with Crippen LogP contribution in [0.15, 0.2) is 12.4 Å². The van der Waals surface area contributed by atoms with E-state index in [9.17, 15) is 18.0 Å². The molecule has 0 saturated heterocycles. The number of halogens is 3. The number of hydrogen-bond acceptors (Lipinski definition) is 3. The van der Waals surface area contributed by atoms with Gasteiger partial charge in [0.1, 0.15) is 0 Å². The quantitative estimate of drug-likeness (QED) is 0.872. The fraction of sp³-hybridized carbons (Fsp3) is 0.600. The summed E-state index contributed by atoms with van der Waals surface area (Å²) in [6.45, 7) is 0.685. The van der Waals surface area contributed by atoms with Crippen LogP contribution in [0.2, 0.25) is 0 Å². The van der Waals surface area contributed by atoms with Gasteiger partial charge in [-0.15, -0.1) is 0 Å². The molecule has 1 aromatic rings. The van der Waals surface area contributed by atoms with E-state index in [0.29, 0.717) is 12.5 Å². The van der Waals surface area contributed by atoms with Gasteiger partial charge < -0.3 is 10.6 Å². The second-order valence-corrected chi connectivity index (χ2v) is 4.38. The average molecular weight is 264 g/mol. The Labute approximate surface area is 102 Å². The number of alkyl halides is 3. The molecule has 1 heterocycles.